The van der Waals surface area contributed by atoms with E-state index in [2.05, 4.69) is 20.7 Å². The molecule has 3 aliphatic carbocycles. The molecule has 240 valence electrons. The first kappa shape index (κ1) is 34.1. The van der Waals surface area contributed by atoms with Gasteiger partial charge in [0.25, 0.3) is 0 Å². The van der Waals surface area contributed by atoms with Crippen LogP contribution in [0.25, 0.3) is 10.4 Å². The number of carbonyl (C=O) groups excluding carboxylic acids is 6. The number of ether oxygens (including phenoxy) is 2. The number of likely N-dealkylation sites (N-methyl/N-ethyl adjacent to an activating group) is 2. The lowest BCUT2D eigenvalue weighted by molar-refractivity contribution is -0.145. The van der Waals surface area contributed by atoms with Crippen LogP contribution in [0.15, 0.2) is 27.9 Å². The molecule has 0 saturated heterocycles. The van der Waals surface area contributed by atoms with Gasteiger partial charge in [-0.25, -0.2) is 4.79 Å². The summed E-state index contributed by atoms with van der Waals surface area (Å²) in [6, 6.07) is 0. The molecule has 3 aliphatic rings. The number of ketones is 1. The van der Waals surface area contributed by atoms with Gasteiger partial charge in [0.1, 0.15) is 24.9 Å². The Balaban J connectivity index is 1.62. The van der Waals surface area contributed by atoms with E-state index in [1.54, 1.807) is 13.0 Å². The molecule has 3 atom stereocenters. The van der Waals surface area contributed by atoms with E-state index >= 15 is 0 Å². The van der Waals surface area contributed by atoms with Crippen molar-refractivity contribution in [3.8, 4) is 0 Å². The number of amides is 4. The molecule has 0 aliphatic heterocycles. The van der Waals surface area contributed by atoms with Gasteiger partial charge in [0, 0.05) is 55.6 Å². The van der Waals surface area contributed by atoms with Gasteiger partial charge in [0.15, 0.2) is 5.78 Å². The molecule has 1 saturated carbocycles. The second-order valence-electron chi connectivity index (χ2n) is 11.8. The third kappa shape index (κ3) is 6.86. The van der Waals surface area contributed by atoms with E-state index in [1.807, 2.05) is 6.92 Å². The van der Waals surface area contributed by atoms with E-state index in [-0.39, 0.29) is 31.8 Å². The number of nitrogens with zero attached hydrogens (tertiary/aromatic N) is 5. The molecule has 3 N–H and O–H groups in total. The number of hydrogen-bond donors (Lipinski definition) is 3. The van der Waals surface area contributed by atoms with Crippen LogP contribution in [0, 0.1) is 10.8 Å². The SMILES string of the molecule is CC(=O)OC[C@]1(C)C=C2C(=O)[C@](C)(O)C3(CC3)C(C)=C2[C@@H]1OC(=O)N(C)CCN(C)C(=O)CNC(=O)CNC(=O)CN=[N+]=[N-]. The topological polar surface area (TPSA) is 220 Å². The molecule has 0 aromatic heterocycles. The summed E-state index contributed by atoms with van der Waals surface area (Å²) in [5.41, 5.74) is 6.32. The van der Waals surface area contributed by atoms with Crippen molar-refractivity contribution in [3.05, 3.63) is 33.2 Å². The molecule has 3 rings (SSSR count). The van der Waals surface area contributed by atoms with Gasteiger partial charge in [0.2, 0.25) is 17.7 Å². The lowest BCUT2D eigenvalue weighted by Crippen LogP contribution is -2.50. The van der Waals surface area contributed by atoms with Crippen LogP contribution in [0.1, 0.15) is 40.5 Å². The van der Waals surface area contributed by atoms with Crippen molar-refractivity contribution in [1.29, 1.82) is 0 Å². The third-order valence-electron chi connectivity index (χ3n) is 8.59. The van der Waals surface area contributed by atoms with E-state index in [4.69, 9.17) is 15.0 Å². The fourth-order valence-electron chi connectivity index (χ4n) is 5.61. The minimum absolute atomic E-state index is 0.0633. The number of rotatable bonds is 12. The minimum atomic E-state index is -1.61. The molecule has 0 radical (unpaired) electrons. The third-order valence-corrected chi connectivity index (χ3v) is 8.59. The molecule has 1 spiro atoms. The molecule has 44 heavy (non-hydrogen) atoms. The molecule has 16 nitrogen and oxygen atoms in total. The molecule has 4 amide bonds. The summed E-state index contributed by atoms with van der Waals surface area (Å²) in [6.07, 6.45) is 1.14. The summed E-state index contributed by atoms with van der Waals surface area (Å²) in [5, 5.41) is 18.9. The highest BCUT2D eigenvalue weighted by atomic mass is 16.6. The predicted octanol–water partition coefficient (Wildman–Crippen LogP) is 0.364. The van der Waals surface area contributed by atoms with Gasteiger partial charge >= 0.3 is 12.1 Å². The number of aliphatic hydroxyl groups is 1. The van der Waals surface area contributed by atoms with Gasteiger partial charge in [-0.05, 0) is 39.1 Å². The Morgan fingerprint density at radius 2 is 1.70 bits per heavy atom. The average Bonchev–Trinajstić information content (AvgIpc) is 3.74. The maximum atomic E-state index is 13.5. The first-order valence-corrected chi connectivity index (χ1v) is 14.1. The predicted molar refractivity (Wildman–Crippen MR) is 153 cm³/mol. The summed E-state index contributed by atoms with van der Waals surface area (Å²) in [6.45, 7) is 5.09. The summed E-state index contributed by atoms with van der Waals surface area (Å²) < 4.78 is 11.3. The summed E-state index contributed by atoms with van der Waals surface area (Å²) in [5.74, 6) is -2.72. The summed E-state index contributed by atoms with van der Waals surface area (Å²) >= 11 is 0. The van der Waals surface area contributed by atoms with Crippen molar-refractivity contribution in [3.63, 3.8) is 0 Å². The van der Waals surface area contributed by atoms with E-state index in [0.29, 0.717) is 18.4 Å². The highest BCUT2D eigenvalue weighted by Gasteiger charge is 2.67. The molecule has 1 fully saturated rings. The second-order valence-corrected chi connectivity index (χ2v) is 11.8. The van der Waals surface area contributed by atoms with Gasteiger partial charge in [-0.1, -0.05) is 16.8 Å². The van der Waals surface area contributed by atoms with Crippen molar-refractivity contribution in [2.45, 2.75) is 52.2 Å². The molecular formula is C28H39N7O9. The Kier molecular flexibility index (Phi) is 10.1. The van der Waals surface area contributed by atoms with Crippen LogP contribution in [-0.4, -0.2) is 116 Å². The van der Waals surface area contributed by atoms with Gasteiger partial charge in [-0.15, -0.1) is 0 Å². The number of fused-ring (bicyclic) bond motifs is 1. The Bertz CT molecular complexity index is 1360. The first-order chi connectivity index (χ1) is 20.5. The van der Waals surface area contributed by atoms with Crippen molar-refractivity contribution >= 4 is 35.6 Å². The maximum absolute atomic E-state index is 13.5. The number of azide groups is 1. The normalized spacial score (nSPS) is 24.4. The zero-order valence-electron chi connectivity index (χ0n) is 25.8. The molecule has 0 heterocycles. The van der Waals surface area contributed by atoms with Crippen LogP contribution in [0.2, 0.25) is 0 Å². The van der Waals surface area contributed by atoms with Crippen molar-refractivity contribution < 1.29 is 43.3 Å². The van der Waals surface area contributed by atoms with Gasteiger partial charge in [0.05, 0.1) is 18.5 Å². The van der Waals surface area contributed by atoms with Crippen LogP contribution in [-0.2, 0) is 33.4 Å². The summed E-state index contributed by atoms with van der Waals surface area (Å²) in [4.78, 5) is 79.1. The zero-order valence-corrected chi connectivity index (χ0v) is 25.8. The van der Waals surface area contributed by atoms with Gasteiger partial charge in [-0.2, -0.15) is 0 Å². The van der Waals surface area contributed by atoms with E-state index in [1.165, 1.54) is 37.7 Å². The quantitative estimate of drug-likeness (QED) is 0.119. The van der Waals surface area contributed by atoms with Crippen molar-refractivity contribution in [2.24, 2.45) is 15.9 Å². The number of carbonyl (C=O) groups is 6. The monoisotopic (exact) mass is 617 g/mol. The van der Waals surface area contributed by atoms with Gasteiger partial charge in [-0.3, -0.25) is 24.0 Å². The van der Waals surface area contributed by atoms with Crippen LogP contribution in [0.4, 0.5) is 4.79 Å². The summed E-state index contributed by atoms with van der Waals surface area (Å²) in [7, 11) is 2.97. The molecule has 0 bridgehead atoms. The zero-order chi connectivity index (χ0) is 33.0. The standard InChI is InChI=1S/C28H39N7O9/c1-16-22-18(23(40)27(4,42)28(16)7-8-28)11-26(3,15-43-17(2)36)24(22)44-25(41)35(6)10-9-34(5)21(39)14-31-19(37)12-30-20(38)13-32-33-29/h11,24,42H,7-10,12-15H2,1-6H3,(H,30,38)(H,31,37)/t24-,26-,27-/m0/s1. The van der Waals surface area contributed by atoms with Crippen LogP contribution >= 0.6 is 0 Å². The Morgan fingerprint density at radius 1 is 1.09 bits per heavy atom. The van der Waals surface area contributed by atoms with E-state index in [0.717, 1.165) is 5.57 Å². The largest absolute Gasteiger partial charge is 0.465 e. The molecule has 0 aromatic rings. The molecular weight excluding hydrogens is 578 g/mol. The van der Waals surface area contributed by atoms with Crippen LogP contribution in [0.3, 0.4) is 0 Å². The fourth-order valence-corrected chi connectivity index (χ4v) is 5.61. The average molecular weight is 618 g/mol. The lowest BCUT2D eigenvalue weighted by Gasteiger charge is -2.40. The van der Waals surface area contributed by atoms with Crippen molar-refractivity contribution in [2.75, 3.05) is 53.4 Å². The minimum Gasteiger partial charge on any atom is -0.465 e. The van der Waals surface area contributed by atoms with E-state index in [9.17, 15) is 33.9 Å². The van der Waals surface area contributed by atoms with Crippen LogP contribution in [0.5, 0.6) is 0 Å². The molecule has 0 unspecified atom stereocenters. The smallest absolute Gasteiger partial charge is 0.410 e. The first-order valence-electron chi connectivity index (χ1n) is 14.1. The van der Waals surface area contributed by atoms with Crippen molar-refractivity contribution in [1.82, 2.24) is 20.4 Å². The van der Waals surface area contributed by atoms with Gasteiger partial charge < -0.3 is 35.0 Å². The molecule has 16 heteroatoms. The Labute approximate surface area is 254 Å². The molecule has 0 aromatic carbocycles. The fraction of sp³-hybridized carbons (Fsp3) is 0.643. The van der Waals surface area contributed by atoms with Crippen LogP contribution < -0.4 is 10.6 Å². The maximum Gasteiger partial charge on any atom is 0.410 e. The number of esters is 1. The Hall–Kier alpha value is -4.43. The second kappa shape index (κ2) is 13.1. The van der Waals surface area contributed by atoms with E-state index < -0.39 is 71.2 Å². The lowest BCUT2D eigenvalue weighted by atomic mass is 9.67. The number of hydrogen-bond acceptors (Lipinski definition) is 10. The number of nitrogens with one attached hydrogen (secondary N) is 2. The Morgan fingerprint density at radius 3 is 2.30 bits per heavy atom. The highest BCUT2D eigenvalue weighted by molar-refractivity contribution is 6.09. The highest BCUT2D eigenvalue weighted by Crippen LogP contribution is 2.65. The number of Topliss-reactive ketones (excluding diaryl/α,β-unsaturated/α-hetero) is 1.